The van der Waals surface area contributed by atoms with E-state index < -0.39 is 0 Å². The SMILES string of the molecule is COc1ccc(-c2nn3c(-c4cccc(F)c4)nnc3s2)c(OC)c1. The molecule has 2 aromatic heterocycles. The molecule has 0 bridgehead atoms. The summed E-state index contributed by atoms with van der Waals surface area (Å²) in [6.45, 7) is 0. The minimum atomic E-state index is -0.332. The van der Waals surface area contributed by atoms with E-state index >= 15 is 0 Å². The Labute approximate surface area is 146 Å². The molecule has 0 aliphatic rings. The Bertz CT molecular complexity index is 1060. The van der Waals surface area contributed by atoms with Gasteiger partial charge in [0.25, 0.3) is 0 Å². The van der Waals surface area contributed by atoms with Gasteiger partial charge in [-0.05, 0) is 24.3 Å². The largest absolute Gasteiger partial charge is 0.497 e. The predicted octanol–water partition coefficient (Wildman–Crippen LogP) is 3.68. The van der Waals surface area contributed by atoms with Gasteiger partial charge >= 0.3 is 0 Å². The molecule has 4 aromatic rings. The zero-order chi connectivity index (χ0) is 17.4. The summed E-state index contributed by atoms with van der Waals surface area (Å²) in [7, 11) is 3.19. The lowest BCUT2D eigenvalue weighted by molar-refractivity contribution is 0.395. The highest BCUT2D eigenvalue weighted by molar-refractivity contribution is 7.19. The number of hydrogen-bond donors (Lipinski definition) is 0. The third-order valence-corrected chi connectivity index (χ3v) is 4.64. The van der Waals surface area contributed by atoms with E-state index in [0.29, 0.717) is 27.8 Å². The number of methoxy groups -OCH3 is 2. The van der Waals surface area contributed by atoms with Crippen LogP contribution in [0.15, 0.2) is 42.5 Å². The highest BCUT2D eigenvalue weighted by atomic mass is 32.1. The molecule has 126 valence electrons. The number of ether oxygens (including phenoxy) is 2. The molecule has 0 aliphatic heterocycles. The second kappa shape index (κ2) is 6.14. The van der Waals surface area contributed by atoms with Crippen LogP contribution < -0.4 is 9.47 Å². The number of fused-ring (bicyclic) bond motifs is 1. The van der Waals surface area contributed by atoms with Crippen molar-refractivity contribution in [2.45, 2.75) is 0 Å². The Morgan fingerprint density at radius 1 is 1.04 bits per heavy atom. The molecular formula is C17H13FN4O2S. The maximum atomic E-state index is 13.5. The van der Waals surface area contributed by atoms with Crippen LogP contribution in [0.5, 0.6) is 11.5 Å². The van der Waals surface area contributed by atoms with E-state index in [1.54, 1.807) is 36.9 Å². The first-order chi connectivity index (χ1) is 12.2. The number of benzene rings is 2. The zero-order valence-electron chi connectivity index (χ0n) is 13.4. The summed E-state index contributed by atoms with van der Waals surface area (Å²) in [6.07, 6.45) is 0. The molecule has 0 fully saturated rings. The fourth-order valence-electron chi connectivity index (χ4n) is 2.51. The minimum absolute atomic E-state index is 0.332. The van der Waals surface area contributed by atoms with Gasteiger partial charge in [-0.1, -0.05) is 23.5 Å². The number of hydrogen-bond acceptors (Lipinski definition) is 6. The van der Waals surface area contributed by atoms with Crippen LogP contribution in [-0.4, -0.2) is 34.0 Å². The van der Waals surface area contributed by atoms with Gasteiger partial charge in [0.05, 0.1) is 19.8 Å². The van der Waals surface area contributed by atoms with Crippen LogP contribution in [-0.2, 0) is 0 Å². The van der Waals surface area contributed by atoms with Crippen molar-refractivity contribution in [1.82, 2.24) is 19.8 Å². The van der Waals surface area contributed by atoms with Gasteiger partial charge in [-0.15, -0.1) is 10.2 Å². The van der Waals surface area contributed by atoms with Crippen LogP contribution in [0, 0.1) is 5.82 Å². The third kappa shape index (κ3) is 2.70. The highest BCUT2D eigenvalue weighted by Gasteiger charge is 2.17. The van der Waals surface area contributed by atoms with E-state index in [1.165, 1.54) is 23.5 Å². The Hall–Kier alpha value is -3.00. The van der Waals surface area contributed by atoms with Gasteiger partial charge in [-0.3, -0.25) is 0 Å². The maximum absolute atomic E-state index is 13.5. The Balaban J connectivity index is 1.83. The molecule has 2 heterocycles. The van der Waals surface area contributed by atoms with Crippen LogP contribution in [0.4, 0.5) is 4.39 Å². The van der Waals surface area contributed by atoms with Crippen molar-refractivity contribution < 1.29 is 13.9 Å². The number of rotatable bonds is 4. The number of halogens is 1. The second-order valence-corrected chi connectivity index (χ2v) is 6.16. The van der Waals surface area contributed by atoms with Gasteiger partial charge in [0, 0.05) is 11.6 Å². The summed E-state index contributed by atoms with van der Waals surface area (Å²) in [5, 5.41) is 13.6. The average Bonchev–Trinajstić information content (AvgIpc) is 3.21. The van der Waals surface area contributed by atoms with Gasteiger partial charge in [-0.2, -0.15) is 9.61 Å². The Kier molecular flexibility index (Phi) is 3.81. The lowest BCUT2D eigenvalue weighted by Gasteiger charge is -2.07. The van der Waals surface area contributed by atoms with Crippen molar-refractivity contribution in [2.24, 2.45) is 0 Å². The molecule has 0 amide bonds. The standard InChI is InChI=1S/C17H13FN4O2S/c1-23-12-6-7-13(14(9-12)24-2)16-21-22-15(19-20-17(22)25-16)10-4-3-5-11(18)8-10/h3-9H,1-2H3. The summed E-state index contributed by atoms with van der Waals surface area (Å²) in [5.41, 5.74) is 1.44. The van der Waals surface area contributed by atoms with Gasteiger partial charge in [-0.25, -0.2) is 4.39 Å². The van der Waals surface area contributed by atoms with Crippen LogP contribution >= 0.6 is 11.3 Å². The fraction of sp³-hybridized carbons (Fsp3) is 0.118. The van der Waals surface area contributed by atoms with Gasteiger partial charge in [0.1, 0.15) is 17.3 Å². The van der Waals surface area contributed by atoms with Crippen molar-refractivity contribution >= 4 is 16.3 Å². The number of nitrogens with zero attached hydrogens (tertiary/aromatic N) is 4. The van der Waals surface area contributed by atoms with E-state index in [2.05, 4.69) is 15.3 Å². The molecule has 2 aromatic carbocycles. The van der Waals surface area contributed by atoms with Crippen molar-refractivity contribution in [1.29, 1.82) is 0 Å². The summed E-state index contributed by atoms with van der Waals surface area (Å²) < 4.78 is 25.8. The van der Waals surface area contributed by atoms with Crippen molar-refractivity contribution in [3.05, 3.63) is 48.3 Å². The molecule has 0 spiro atoms. The summed E-state index contributed by atoms with van der Waals surface area (Å²) >= 11 is 1.38. The zero-order valence-corrected chi connectivity index (χ0v) is 14.2. The average molecular weight is 356 g/mol. The molecule has 4 rings (SSSR count). The van der Waals surface area contributed by atoms with Crippen LogP contribution in [0.1, 0.15) is 0 Å². The van der Waals surface area contributed by atoms with E-state index in [0.717, 1.165) is 10.6 Å². The van der Waals surface area contributed by atoms with E-state index in [1.807, 2.05) is 12.1 Å². The van der Waals surface area contributed by atoms with E-state index in [-0.39, 0.29) is 5.82 Å². The molecule has 0 aliphatic carbocycles. The molecule has 0 atom stereocenters. The van der Waals surface area contributed by atoms with Gasteiger partial charge in [0.2, 0.25) is 4.96 Å². The molecule has 0 saturated heterocycles. The van der Waals surface area contributed by atoms with E-state index in [9.17, 15) is 4.39 Å². The van der Waals surface area contributed by atoms with E-state index in [4.69, 9.17) is 9.47 Å². The summed E-state index contributed by atoms with van der Waals surface area (Å²) in [5.74, 6) is 1.51. The number of aromatic nitrogens is 4. The second-order valence-electron chi connectivity index (χ2n) is 5.20. The van der Waals surface area contributed by atoms with Crippen LogP contribution in [0.25, 0.3) is 26.9 Å². The summed E-state index contributed by atoms with van der Waals surface area (Å²) in [6, 6.07) is 11.7. The van der Waals surface area contributed by atoms with Crippen molar-refractivity contribution in [3.63, 3.8) is 0 Å². The third-order valence-electron chi connectivity index (χ3n) is 3.71. The molecule has 0 radical (unpaired) electrons. The first-order valence-electron chi connectivity index (χ1n) is 7.40. The topological polar surface area (TPSA) is 61.5 Å². The lowest BCUT2D eigenvalue weighted by Crippen LogP contribution is -1.93. The van der Waals surface area contributed by atoms with Crippen molar-refractivity contribution in [2.75, 3.05) is 14.2 Å². The monoisotopic (exact) mass is 356 g/mol. The smallest absolute Gasteiger partial charge is 0.235 e. The predicted molar refractivity (Wildman–Crippen MR) is 92.6 cm³/mol. The van der Waals surface area contributed by atoms with Gasteiger partial charge < -0.3 is 9.47 Å². The quantitative estimate of drug-likeness (QED) is 0.558. The van der Waals surface area contributed by atoms with Gasteiger partial charge in [0.15, 0.2) is 10.8 Å². The molecule has 25 heavy (non-hydrogen) atoms. The molecule has 8 heteroatoms. The molecule has 0 unspecified atom stereocenters. The Morgan fingerprint density at radius 2 is 1.92 bits per heavy atom. The first kappa shape index (κ1) is 15.5. The normalized spacial score (nSPS) is 11.0. The molecule has 0 saturated carbocycles. The minimum Gasteiger partial charge on any atom is -0.497 e. The molecular weight excluding hydrogens is 343 g/mol. The van der Waals surface area contributed by atoms with Crippen molar-refractivity contribution in [3.8, 4) is 33.5 Å². The fourth-order valence-corrected chi connectivity index (χ4v) is 3.38. The first-order valence-corrected chi connectivity index (χ1v) is 8.22. The van der Waals surface area contributed by atoms with Crippen LogP contribution in [0.3, 0.4) is 0 Å². The van der Waals surface area contributed by atoms with Crippen LogP contribution in [0.2, 0.25) is 0 Å². The highest BCUT2D eigenvalue weighted by Crippen LogP contribution is 2.36. The Morgan fingerprint density at radius 3 is 2.68 bits per heavy atom. The maximum Gasteiger partial charge on any atom is 0.235 e. The lowest BCUT2D eigenvalue weighted by atomic mass is 10.2. The summed E-state index contributed by atoms with van der Waals surface area (Å²) in [4.78, 5) is 0.618. The molecule has 0 N–H and O–H groups in total. The molecule has 6 nitrogen and oxygen atoms in total.